The standard InChI is InChI=1S/C15H14ClN5/c1-10-8-18-15(16)20-14(10)17-9-11-2-4-12(5-3-11)13-6-7-19-21-13/h2-8H,9H2,1H3,(H,19,21)(H,17,18,20). The second-order valence-electron chi connectivity index (χ2n) is 4.69. The van der Waals surface area contributed by atoms with Gasteiger partial charge in [-0.3, -0.25) is 5.10 Å². The Labute approximate surface area is 127 Å². The molecular weight excluding hydrogens is 286 g/mol. The minimum absolute atomic E-state index is 0.248. The molecule has 0 unspecified atom stereocenters. The average Bonchev–Trinajstić information content (AvgIpc) is 3.03. The first-order valence-corrected chi connectivity index (χ1v) is 6.92. The van der Waals surface area contributed by atoms with Crippen molar-refractivity contribution in [2.75, 3.05) is 5.32 Å². The molecule has 106 valence electrons. The van der Waals surface area contributed by atoms with E-state index in [1.54, 1.807) is 12.4 Å². The van der Waals surface area contributed by atoms with Crippen LogP contribution in [-0.2, 0) is 6.54 Å². The lowest BCUT2D eigenvalue weighted by Gasteiger charge is -2.08. The van der Waals surface area contributed by atoms with Crippen molar-refractivity contribution in [3.63, 3.8) is 0 Å². The third kappa shape index (κ3) is 3.20. The van der Waals surface area contributed by atoms with E-state index in [2.05, 4.69) is 49.7 Å². The highest BCUT2D eigenvalue weighted by molar-refractivity contribution is 6.28. The van der Waals surface area contributed by atoms with E-state index >= 15 is 0 Å². The number of hydrogen-bond acceptors (Lipinski definition) is 4. The molecule has 0 bridgehead atoms. The van der Waals surface area contributed by atoms with E-state index in [1.807, 2.05) is 13.0 Å². The largest absolute Gasteiger partial charge is 0.366 e. The lowest BCUT2D eigenvalue weighted by atomic mass is 10.1. The van der Waals surface area contributed by atoms with Crippen LogP contribution in [0.25, 0.3) is 11.3 Å². The van der Waals surface area contributed by atoms with Crippen LogP contribution in [-0.4, -0.2) is 20.2 Å². The molecule has 0 saturated carbocycles. The fourth-order valence-electron chi connectivity index (χ4n) is 2.00. The lowest BCUT2D eigenvalue weighted by Crippen LogP contribution is -2.04. The Hall–Kier alpha value is -2.40. The van der Waals surface area contributed by atoms with E-state index in [4.69, 9.17) is 11.6 Å². The van der Waals surface area contributed by atoms with Gasteiger partial charge in [0.1, 0.15) is 5.82 Å². The number of nitrogens with one attached hydrogen (secondary N) is 2. The Bertz CT molecular complexity index is 722. The second kappa shape index (κ2) is 5.93. The topological polar surface area (TPSA) is 66.5 Å². The van der Waals surface area contributed by atoms with Gasteiger partial charge in [0, 0.05) is 24.5 Å². The number of halogens is 1. The predicted octanol–water partition coefficient (Wildman–Crippen LogP) is 3.44. The van der Waals surface area contributed by atoms with Gasteiger partial charge in [-0.25, -0.2) is 9.97 Å². The molecule has 0 atom stereocenters. The molecule has 0 radical (unpaired) electrons. The first-order valence-electron chi connectivity index (χ1n) is 6.54. The van der Waals surface area contributed by atoms with Gasteiger partial charge < -0.3 is 5.32 Å². The number of H-pyrrole nitrogens is 1. The van der Waals surface area contributed by atoms with E-state index in [0.717, 1.165) is 28.2 Å². The highest BCUT2D eigenvalue weighted by atomic mass is 35.5. The molecule has 6 heteroatoms. The maximum Gasteiger partial charge on any atom is 0.224 e. The van der Waals surface area contributed by atoms with Crippen molar-refractivity contribution in [1.82, 2.24) is 20.2 Å². The summed E-state index contributed by atoms with van der Waals surface area (Å²) in [5.74, 6) is 0.757. The summed E-state index contributed by atoms with van der Waals surface area (Å²) in [6.45, 7) is 2.62. The molecule has 2 N–H and O–H groups in total. The monoisotopic (exact) mass is 299 g/mol. The van der Waals surface area contributed by atoms with Crippen LogP contribution < -0.4 is 5.32 Å². The normalized spacial score (nSPS) is 10.6. The quantitative estimate of drug-likeness (QED) is 0.724. The average molecular weight is 300 g/mol. The molecule has 2 heterocycles. The van der Waals surface area contributed by atoms with Crippen LogP contribution >= 0.6 is 11.6 Å². The van der Waals surface area contributed by atoms with Crippen LogP contribution in [0.3, 0.4) is 0 Å². The van der Waals surface area contributed by atoms with Crippen molar-refractivity contribution in [3.8, 4) is 11.3 Å². The number of aromatic amines is 1. The van der Waals surface area contributed by atoms with Gasteiger partial charge in [-0.15, -0.1) is 0 Å². The molecule has 0 spiro atoms. The molecule has 0 aliphatic heterocycles. The molecule has 2 aromatic heterocycles. The summed E-state index contributed by atoms with van der Waals surface area (Å²) < 4.78 is 0. The van der Waals surface area contributed by atoms with Crippen molar-refractivity contribution in [1.29, 1.82) is 0 Å². The fraction of sp³-hybridized carbons (Fsp3) is 0.133. The Kier molecular flexibility index (Phi) is 3.83. The van der Waals surface area contributed by atoms with Gasteiger partial charge in [-0.1, -0.05) is 24.3 Å². The van der Waals surface area contributed by atoms with Crippen molar-refractivity contribution in [2.45, 2.75) is 13.5 Å². The smallest absolute Gasteiger partial charge is 0.224 e. The Morgan fingerprint density at radius 3 is 2.71 bits per heavy atom. The zero-order valence-corrected chi connectivity index (χ0v) is 12.2. The van der Waals surface area contributed by atoms with Gasteiger partial charge in [-0.2, -0.15) is 5.10 Å². The molecule has 0 amide bonds. The summed E-state index contributed by atoms with van der Waals surface area (Å²) in [6, 6.07) is 10.2. The van der Waals surface area contributed by atoms with Crippen LogP contribution in [0.4, 0.5) is 5.82 Å². The van der Waals surface area contributed by atoms with Crippen molar-refractivity contribution < 1.29 is 0 Å². The van der Waals surface area contributed by atoms with E-state index in [-0.39, 0.29) is 5.28 Å². The lowest BCUT2D eigenvalue weighted by molar-refractivity contribution is 1.06. The SMILES string of the molecule is Cc1cnc(Cl)nc1NCc1ccc(-c2ccn[nH]2)cc1. The first-order chi connectivity index (χ1) is 10.2. The number of benzene rings is 1. The van der Waals surface area contributed by atoms with Gasteiger partial charge in [-0.05, 0) is 35.7 Å². The Morgan fingerprint density at radius 1 is 1.19 bits per heavy atom. The predicted molar refractivity (Wildman–Crippen MR) is 83.1 cm³/mol. The molecule has 0 aliphatic rings. The number of anilines is 1. The summed E-state index contributed by atoms with van der Waals surface area (Å²) in [7, 11) is 0. The molecule has 1 aromatic carbocycles. The zero-order valence-electron chi connectivity index (χ0n) is 11.5. The van der Waals surface area contributed by atoms with Gasteiger partial charge >= 0.3 is 0 Å². The number of aryl methyl sites for hydroxylation is 1. The number of rotatable bonds is 4. The van der Waals surface area contributed by atoms with Crippen molar-refractivity contribution in [3.05, 3.63) is 59.1 Å². The van der Waals surface area contributed by atoms with Crippen molar-refractivity contribution >= 4 is 17.4 Å². The maximum absolute atomic E-state index is 5.80. The number of hydrogen-bond donors (Lipinski definition) is 2. The third-order valence-corrected chi connectivity index (χ3v) is 3.35. The molecule has 3 aromatic rings. The highest BCUT2D eigenvalue weighted by Gasteiger charge is 2.03. The minimum Gasteiger partial charge on any atom is -0.366 e. The second-order valence-corrected chi connectivity index (χ2v) is 5.03. The van der Waals surface area contributed by atoms with Gasteiger partial charge in [0.05, 0.1) is 5.69 Å². The zero-order chi connectivity index (χ0) is 14.7. The summed E-state index contributed by atoms with van der Waals surface area (Å²) in [5.41, 5.74) is 4.24. The van der Waals surface area contributed by atoms with Crippen LogP contribution in [0.15, 0.2) is 42.7 Å². The number of nitrogens with zero attached hydrogens (tertiary/aromatic N) is 3. The minimum atomic E-state index is 0.248. The maximum atomic E-state index is 5.80. The third-order valence-electron chi connectivity index (χ3n) is 3.17. The molecule has 21 heavy (non-hydrogen) atoms. The molecule has 0 saturated heterocycles. The Morgan fingerprint density at radius 2 is 2.00 bits per heavy atom. The summed E-state index contributed by atoms with van der Waals surface area (Å²) in [5, 5.41) is 10.4. The molecular formula is C15H14ClN5. The highest BCUT2D eigenvalue weighted by Crippen LogP contribution is 2.18. The summed E-state index contributed by atoms with van der Waals surface area (Å²) in [4.78, 5) is 8.12. The fourth-order valence-corrected chi connectivity index (χ4v) is 2.14. The van der Waals surface area contributed by atoms with Crippen LogP contribution in [0, 0.1) is 6.92 Å². The first kappa shape index (κ1) is 13.6. The Balaban J connectivity index is 1.70. The van der Waals surface area contributed by atoms with Crippen LogP contribution in [0.2, 0.25) is 5.28 Å². The van der Waals surface area contributed by atoms with Gasteiger partial charge in [0.15, 0.2) is 0 Å². The summed E-state index contributed by atoms with van der Waals surface area (Å²) in [6.07, 6.45) is 3.45. The molecule has 0 fully saturated rings. The van der Waals surface area contributed by atoms with Crippen LogP contribution in [0.1, 0.15) is 11.1 Å². The van der Waals surface area contributed by atoms with Gasteiger partial charge in [0.25, 0.3) is 0 Å². The molecule has 5 nitrogen and oxygen atoms in total. The van der Waals surface area contributed by atoms with E-state index in [0.29, 0.717) is 6.54 Å². The molecule has 3 rings (SSSR count). The van der Waals surface area contributed by atoms with Gasteiger partial charge in [0.2, 0.25) is 5.28 Å². The van der Waals surface area contributed by atoms with E-state index in [1.165, 1.54) is 0 Å². The van der Waals surface area contributed by atoms with E-state index in [9.17, 15) is 0 Å². The summed E-state index contributed by atoms with van der Waals surface area (Å²) >= 11 is 5.80. The van der Waals surface area contributed by atoms with Crippen LogP contribution in [0.5, 0.6) is 0 Å². The van der Waals surface area contributed by atoms with Crippen molar-refractivity contribution in [2.24, 2.45) is 0 Å². The molecule has 0 aliphatic carbocycles. The number of aromatic nitrogens is 4. The van der Waals surface area contributed by atoms with E-state index < -0.39 is 0 Å².